The zero-order valence-corrected chi connectivity index (χ0v) is 12.3. The Kier molecular flexibility index (Phi) is 4.19. The van der Waals surface area contributed by atoms with Crippen LogP contribution in [-0.4, -0.2) is 28.6 Å². The third kappa shape index (κ3) is 4.38. The highest BCUT2D eigenvalue weighted by atomic mass is 79.9. The summed E-state index contributed by atoms with van der Waals surface area (Å²) < 4.78 is 11.0. The van der Waals surface area contributed by atoms with Crippen molar-refractivity contribution in [2.75, 3.05) is 7.05 Å². The highest BCUT2D eigenvalue weighted by Crippen LogP contribution is 2.19. The predicted molar refractivity (Wildman–Crippen MR) is 66.6 cm³/mol. The molecule has 1 aromatic heterocycles. The lowest BCUT2D eigenvalue weighted by molar-refractivity contribution is 0.0282. The van der Waals surface area contributed by atoms with Crippen molar-refractivity contribution in [2.24, 2.45) is 0 Å². The first-order chi connectivity index (χ1) is 7.69. The van der Waals surface area contributed by atoms with E-state index in [0.717, 1.165) is 0 Å². The van der Waals surface area contributed by atoms with Crippen molar-refractivity contribution < 1.29 is 13.9 Å². The van der Waals surface area contributed by atoms with Crippen molar-refractivity contribution in [3.05, 3.63) is 16.3 Å². The second-order valence-corrected chi connectivity index (χ2v) is 5.51. The fourth-order valence-electron chi connectivity index (χ4n) is 1.17. The van der Waals surface area contributed by atoms with Gasteiger partial charge in [0.2, 0.25) is 0 Å². The van der Waals surface area contributed by atoms with Crippen LogP contribution in [0.15, 0.2) is 9.09 Å². The molecule has 0 aromatic carbocycles. The Morgan fingerprint density at radius 1 is 1.53 bits per heavy atom. The summed E-state index contributed by atoms with van der Waals surface area (Å²) in [5, 5.41) is 0. The van der Waals surface area contributed by atoms with Crippen LogP contribution in [0, 0.1) is 6.92 Å². The molecule has 0 aliphatic heterocycles. The molecule has 0 unspecified atom stereocenters. The molecular weight excluding hydrogens is 288 g/mol. The molecule has 6 heteroatoms. The quantitative estimate of drug-likeness (QED) is 0.842. The SMILES string of the molecule is Cc1nc(CN(C)C(=O)OC(C)(C)C)c(Br)o1. The minimum atomic E-state index is -0.498. The van der Waals surface area contributed by atoms with Gasteiger partial charge in [0.1, 0.15) is 11.3 Å². The van der Waals surface area contributed by atoms with Crippen LogP contribution < -0.4 is 0 Å². The number of hydrogen-bond acceptors (Lipinski definition) is 4. The Hall–Kier alpha value is -1.04. The summed E-state index contributed by atoms with van der Waals surface area (Å²) in [5.41, 5.74) is 0.179. The van der Waals surface area contributed by atoms with E-state index >= 15 is 0 Å². The van der Waals surface area contributed by atoms with Crippen molar-refractivity contribution in [1.29, 1.82) is 0 Å². The molecule has 0 bridgehead atoms. The van der Waals surface area contributed by atoms with E-state index in [-0.39, 0.29) is 6.09 Å². The van der Waals surface area contributed by atoms with Crippen LogP contribution in [0.4, 0.5) is 4.79 Å². The average molecular weight is 305 g/mol. The molecule has 1 rings (SSSR count). The van der Waals surface area contributed by atoms with Gasteiger partial charge in [0.25, 0.3) is 0 Å². The van der Waals surface area contributed by atoms with Gasteiger partial charge in [-0.2, -0.15) is 0 Å². The predicted octanol–water partition coefficient (Wildman–Crippen LogP) is 3.11. The second-order valence-electron chi connectivity index (χ2n) is 4.79. The lowest BCUT2D eigenvalue weighted by Gasteiger charge is -2.24. The third-order valence-electron chi connectivity index (χ3n) is 1.85. The fraction of sp³-hybridized carbons (Fsp3) is 0.636. The Morgan fingerprint density at radius 3 is 2.53 bits per heavy atom. The summed E-state index contributed by atoms with van der Waals surface area (Å²) in [6.45, 7) is 7.58. The standard InChI is InChI=1S/C11H17BrN2O3/c1-7-13-8(9(12)16-7)6-14(5)10(15)17-11(2,3)4/h6H2,1-5H3. The number of carbonyl (C=O) groups excluding carboxylic acids is 1. The minimum Gasteiger partial charge on any atom is -0.444 e. The molecule has 0 spiro atoms. The van der Waals surface area contributed by atoms with Crippen LogP contribution in [0.25, 0.3) is 0 Å². The molecule has 0 fully saturated rings. The Morgan fingerprint density at radius 2 is 2.12 bits per heavy atom. The zero-order chi connectivity index (χ0) is 13.2. The van der Waals surface area contributed by atoms with Gasteiger partial charge in [0.15, 0.2) is 10.6 Å². The van der Waals surface area contributed by atoms with Gasteiger partial charge in [-0.3, -0.25) is 0 Å². The number of hydrogen-bond donors (Lipinski definition) is 0. The first kappa shape index (κ1) is 14.0. The number of halogens is 1. The van der Waals surface area contributed by atoms with Crippen LogP contribution in [0.2, 0.25) is 0 Å². The largest absolute Gasteiger partial charge is 0.444 e. The lowest BCUT2D eigenvalue weighted by atomic mass is 10.2. The molecule has 0 N–H and O–H groups in total. The van der Waals surface area contributed by atoms with Gasteiger partial charge in [-0.1, -0.05) is 0 Å². The Labute approximate surface area is 109 Å². The molecule has 0 radical (unpaired) electrons. The van der Waals surface area contributed by atoms with E-state index in [1.807, 2.05) is 20.8 Å². The summed E-state index contributed by atoms with van der Waals surface area (Å²) in [5.74, 6) is 0.560. The van der Waals surface area contributed by atoms with Crippen LogP contribution in [0.1, 0.15) is 32.4 Å². The number of aryl methyl sites for hydroxylation is 1. The summed E-state index contributed by atoms with van der Waals surface area (Å²) in [6, 6.07) is 0. The Bertz CT molecular complexity index is 409. The van der Waals surface area contributed by atoms with E-state index in [1.54, 1.807) is 14.0 Å². The van der Waals surface area contributed by atoms with Gasteiger partial charge >= 0.3 is 6.09 Å². The number of amides is 1. The van der Waals surface area contributed by atoms with Crippen molar-refractivity contribution in [3.8, 4) is 0 Å². The Balaban J connectivity index is 2.63. The topological polar surface area (TPSA) is 55.6 Å². The van der Waals surface area contributed by atoms with Crippen molar-refractivity contribution in [2.45, 2.75) is 39.8 Å². The van der Waals surface area contributed by atoms with Crippen LogP contribution in [0.3, 0.4) is 0 Å². The van der Waals surface area contributed by atoms with E-state index < -0.39 is 5.60 Å². The minimum absolute atomic E-state index is 0.340. The van der Waals surface area contributed by atoms with Gasteiger partial charge in [0.05, 0.1) is 6.54 Å². The highest BCUT2D eigenvalue weighted by molar-refractivity contribution is 9.10. The molecular formula is C11H17BrN2O3. The smallest absolute Gasteiger partial charge is 0.410 e. The summed E-state index contributed by atoms with van der Waals surface area (Å²) in [4.78, 5) is 17.3. The van der Waals surface area contributed by atoms with Gasteiger partial charge in [-0.15, -0.1) is 0 Å². The van der Waals surface area contributed by atoms with Gasteiger partial charge < -0.3 is 14.1 Å². The van der Waals surface area contributed by atoms with E-state index in [9.17, 15) is 4.79 Å². The maximum Gasteiger partial charge on any atom is 0.410 e. The van der Waals surface area contributed by atoms with Crippen LogP contribution in [0.5, 0.6) is 0 Å². The molecule has 0 saturated heterocycles. The first-order valence-corrected chi connectivity index (χ1v) is 6.04. The summed E-state index contributed by atoms with van der Waals surface area (Å²) >= 11 is 3.25. The van der Waals surface area contributed by atoms with Crippen LogP contribution >= 0.6 is 15.9 Å². The summed E-state index contributed by atoms with van der Waals surface area (Å²) in [7, 11) is 1.66. The monoisotopic (exact) mass is 304 g/mol. The molecule has 0 aliphatic carbocycles. The van der Waals surface area contributed by atoms with E-state index in [4.69, 9.17) is 9.15 Å². The number of aromatic nitrogens is 1. The van der Waals surface area contributed by atoms with E-state index in [0.29, 0.717) is 22.8 Å². The first-order valence-electron chi connectivity index (χ1n) is 5.25. The highest BCUT2D eigenvalue weighted by Gasteiger charge is 2.21. The molecule has 96 valence electrons. The normalized spacial score (nSPS) is 11.4. The number of rotatable bonds is 2. The van der Waals surface area contributed by atoms with Gasteiger partial charge in [0, 0.05) is 14.0 Å². The fourth-order valence-corrected chi connectivity index (χ4v) is 1.62. The molecule has 17 heavy (non-hydrogen) atoms. The number of carbonyl (C=O) groups is 1. The van der Waals surface area contributed by atoms with Crippen LogP contribution in [-0.2, 0) is 11.3 Å². The third-order valence-corrected chi connectivity index (χ3v) is 2.47. The summed E-state index contributed by atoms with van der Waals surface area (Å²) in [6.07, 6.45) is -0.384. The molecule has 1 amide bonds. The molecule has 0 atom stereocenters. The maximum atomic E-state index is 11.7. The molecule has 1 aromatic rings. The van der Waals surface area contributed by atoms with Gasteiger partial charge in [-0.05, 0) is 36.7 Å². The number of oxazole rings is 1. The van der Waals surface area contributed by atoms with E-state index in [1.165, 1.54) is 4.90 Å². The van der Waals surface area contributed by atoms with E-state index in [2.05, 4.69) is 20.9 Å². The molecule has 1 heterocycles. The zero-order valence-electron chi connectivity index (χ0n) is 10.7. The number of ether oxygens (including phenoxy) is 1. The van der Waals surface area contributed by atoms with Gasteiger partial charge in [-0.25, -0.2) is 9.78 Å². The second kappa shape index (κ2) is 5.08. The lowest BCUT2D eigenvalue weighted by Crippen LogP contribution is -2.33. The number of nitrogens with zero attached hydrogens (tertiary/aromatic N) is 2. The molecule has 0 saturated carbocycles. The molecule has 5 nitrogen and oxygen atoms in total. The van der Waals surface area contributed by atoms with Crippen molar-refractivity contribution in [1.82, 2.24) is 9.88 Å². The van der Waals surface area contributed by atoms with Crippen molar-refractivity contribution >= 4 is 22.0 Å². The average Bonchev–Trinajstić information content (AvgIpc) is 2.42. The molecule has 0 aliphatic rings. The maximum absolute atomic E-state index is 11.7. The van der Waals surface area contributed by atoms with Crippen molar-refractivity contribution in [3.63, 3.8) is 0 Å².